The maximum Gasteiger partial charge on any atom is 0.256 e. The zero-order chi connectivity index (χ0) is 13.8. The molecule has 98 valence electrons. The Balaban J connectivity index is 2.26. The normalized spacial score (nSPS) is 10.3. The fraction of sp³-hybridized carbons (Fsp3) is 0.0769. The Morgan fingerprint density at radius 3 is 2.63 bits per heavy atom. The van der Waals surface area contributed by atoms with Gasteiger partial charge >= 0.3 is 0 Å². The summed E-state index contributed by atoms with van der Waals surface area (Å²) in [7, 11) is 0. The summed E-state index contributed by atoms with van der Waals surface area (Å²) in [5.41, 5.74) is 0.279. The number of amides is 1. The van der Waals surface area contributed by atoms with Crippen LogP contribution >= 0.6 is 11.8 Å². The number of aromatic nitrogens is 1. The summed E-state index contributed by atoms with van der Waals surface area (Å²) in [5, 5.41) is 2.37. The van der Waals surface area contributed by atoms with Gasteiger partial charge < -0.3 is 5.32 Å². The van der Waals surface area contributed by atoms with Crippen molar-refractivity contribution >= 4 is 23.4 Å². The molecule has 1 aromatic carbocycles. The molecule has 0 fully saturated rings. The number of thioether (sulfide) groups is 1. The van der Waals surface area contributed by atoms with Crippen molar-refractivity contribution in [1.29, 1.82) is 0 Å². The van der Waals surface area contributed by atoms with Crippen LogP contribution in [-0.2, 0) is 0 Å². The molecule has 0 radical (unpaired) electrons. The van der Waals surface area contributed by atoms with Crippen molar-refractivity contribution in [1.82, 2.24) is 4.98 Å². The quantitative estimate of drug-likeness (QED) is 0.692. The molecule has 2 rings (SSSR count). The molecule has 0 aliphatic heterocycles. The highest BCUT2D eigenvalue weighted by atomic mass is 32.2. The highest BCUT2D eigenvalue weighted by molar-refractivity contribution is 7.98. The molecule has 0 spiro atoms. The number of rotatable bonds is 3. The minimum Gasteiger partial charge on any atom is -0.318 e. The second-order valence-electron chi connectivity index (χ2n) is 3.63. The maximum atomic E-state index is 13.3. The van der Waals surface area contributed by atoms with Crippen LogP contribution in [-0.4, -0.2) is 17.1 Å². The number of nitrogens with zero attached hydrogens (tertiary/aromatic N) is 1. The van der Waals surface area contributed by atoms with Gasteiger partial charge in [-0.3, -0.25) is 4.79 Å². The van der Waals surface area contributed by atoms with E-state index in [-0.39, 0.29) is 5.69 Å². The van der Waals surface area contributed by atoms with Gasteiger partial charge in [0.05, 0.1) is 11.3 Å². The third-order valence-electron chi connectivity index (χ3n) is 2.41. The first-order chi connectivity index (χ1) is 9.11. The average molecular weight is 280 g/mol. The van der Waals surface area contributed by atoms with Gasteiger partial charge in [0.2, 0.25) is 11.9 Å². The molecular formula is C13H10F2N2OS. The number of hydrogen-bond acceptors (Lipinski definition) is 3. The number of nitrogens with one attached hydrogen (secondary N) is 1. The number of halogens is 2. The molecule has 0 saturated carbocycles. The van der Waals surface area contributed by atoms with Crippen molar-refractivity contribution in [3.63, 3.8) is 0 Å². The maximum absolute atomic E-state index is 13.3. The van der Waals surface area contributed by atoms with Gasteiger partial charge in [-0.05, 0) is 30.5 Å². The zero-order valence-electron chi connectivity index (χ0n) is 9.98. The van der Waals surface area contributed by atoms with E-state index in [4.69, 9.17) is 0 Å². The zero-order valence-corrected chi connectivity index (χ0v) is 10.8. The first kappa shape index (κ1) is 13.5. The van der Waals surface area contributed by atoms with E-state index in [0.717, 1.165) is 17.0 Å². The summed E-state index contributed by atoms with van der Waals surface area (Å²) in [5.74, 6) is -2.44. The Morgan fingerprint density at radius 2 is 1.95 bits per heavy atom. The van der Waals surface area contributed by atoms with Gasteiger partial charge in [0.1, 0.15) is 0 Å². The van der Waals surface area contributed by atoms with Gasteiger partial charge in [-0.1, -0.05) is 12.1 Å². The molecule has 3 nitrogen and oxygen atoms in total. The van der Waals surface area contributed by atoms with Crippen molar-refractivity contribution < 1.29 is 13.6 Å². The van der Waals surface area contributed by atoms with Gasteiger partial charge in [0.25, 0.3) is 5.91 Å². The predicted octanol–water partition coefficient (Wildman–Crippen LogP) is 3.33. The Kier molecular flexibility index (Phi) is 4.11. The number of benzene rings is 1. The highest BCUT2D eigenvalue weighted by Gasteiger charge is 2.13. The average Bonchev–Trinajstić information content (AvgIpc) is 2.41. The second kappa shape index (κ2) is 5.79. The topological polar surface area (TPSA) is 42.0 Å². The van der Waals surface area contributed by atoms with Crippen LogP contribution in [0.25, 0.3) is 0 Å². The van der Waals surface area contributed by atoms with Crippen LogP contribution in [0.2, 0.25) is 0 Å². The third kappa shape index (κ3) is 3.08. The summed E-state index contributed by atoms with van der Waals surface area (Å²) < 4.78 is 26.0. The lowest BCUT2D eigenvalue weighted by Gasteiger charge is -2.08. The van der Waals surface area contributed by atoms with Crippen molar-refractivity contribution in [3.05, 3.63) is 53.9 Å². The molecule has 1 amide bonds. The van der Waals surface area contributed by atoms with Crippen LogP contribution in [0.15, 0.2) is 41.3 Å². The van der Waals surface area contributed by atoms with Crippen molar-refractivity contribution in [2.24, 2.45) is 0 Å². The summed E-state index contributed by atoms with van der Waals surface area (Å²) in [6.07, 6.45) is 1.84. The van der Waals surface area contributed by atoms with E-state index in [0.29, 0.717) is 5.56 Å². The SMILES string of the molecule is CSc1ccccc1C(=O)Nc1ccc(F)nc1F. The molecular weight excluding hydrogens is 270 g/mol. The lowest BCUT2D eigenvalue weighted by molar-refractivity contribution is 0.102. The fourth-order valence-electron chi connectivity index (χ4n) is 1.53. The van der Waals surface area contributed by atoms with E-state index in [1.165, 1.54) is 11.8 Å². The van der Waals surface area contributed by atoms with Crippen LogP contribution in [0.1, 0.15) is 10.4 Å². The molecule has 2 aromatic rings. The predicted molar refractivity (Wildman–Crippen MR) is 70.3 cm³/mol. The summed E-state index contributed by atoms with van der Waals surface area (Å²) >= 11 is 1.41. The van der Waals surface area contributed by atoms with E-state index < -0.39 is 17.8 Å². The Labute approximate surface area is 113 Å². The minimum atomic E-state index is -1.05. The van der Waals surface area contributed by atoms with Gasteiger partial charge in [-0.15, -0.1) is 11.8 Å². The Bertz CT molecular complexity index is 619. The number of carbonyl (C=O) groups is 1. The summed E-state index contributed by atoms with van der Waals surface area (Å²) in [4.78, 5) is 15.8. The number of pyridine rings is 1. The molecule has 19 heavy (non-hydrogen) atoms. The Hall–Kier alpha value is -1.95. The summed E-state index contributed by atoms with van der Waals surface area (Å²) in [6.45, 7) is 0. The molecule has 0 saturated heterocycles. The van der Waals surface area contributed by atoms with Crippen LogP contribution in [0.5, 0.6) is 0 Å². The molecule has 0 aliphatic rings. The van der Waals surface area contributed by atoms with E-state index in [2.05, 4.69) is 10.3 Å². The first-order valence-electron chi connectivity index (χ1n) is 5.38. The third-order valence-corrected chi connectivity index (χ3v) is 3.21. The number of hydrogen-bond donors (Lipinski definition) is 1. The Morgan fingerprint density at radius 1 is 1.21 bits per heavy atom. The highest BCUT2D eigenvalue weighted by Crippen LogP contribution is 2.21. The van der Waals surface area contributed by atoms with E-state index in [1.807, 2.05) is 12.3 Å². The van der Waals surface area contributed by atoms with Gasteiger partial charge in [0.15, 0.2) is 0 Å². The lowest BCUT2D eigenvalue weighted by atomic mass is 10.2. The largest absolute Gasteiger partial charge is 0.318 e. The molecule has 0 bridgehead atoms. The lowest BCUT2D eigenvalue weighted by Crippen LogP contribution is -2.14. The van der Waals surface area contributed by atoms with Crippen molar-refractivity contribution in [3.8, 4) is 0 Å². The standard InChI is InChI=1S/C13H10F2N2OS/c1-19-10-5-3-2-4-8(10)13(18)16-9-6-7-11(14)17-12(9)15/h2-7H,1H3,(H,16,18). The van der Waals surface area contributed by atoms with Gasteiger partial charge in [-0.25, -0.2) is 0 Å². The minimum absolute atomic E-state index is 0.151. The molecule has 0 aliphatic carbocycles. The van der Waals surface area contributed by atoms with E-state index >= 15 is 0 Å². The van der Waals surface area contributed by atoms with E-state index in [1.54, 1.807) is 18.2 Å². The fourth-order valence-corrected chi connectivity index (χ4v) is 2.12. The number of carbonyl (C=O) groups excluding carboxylic acids is 1. The molecule has 6 heteroatoms. The van der Waals surface area contributed by atoms with Crippen molar-refractivity contribution in [2.75, 3.05) is 11.6 Å². The van der Waals surface area contributed by atoms with Crippen LogP contribution in [0.4, 0.5) is 14.5 Å². The monoisotopic (exact) mass is 280 g/mol. The molecule has 0 atom stereocenters. The molecule has 0 unspecified atom stereocenters. The molecule has 1 aromatic heterocycles. The van der Waals surface area contributed by atoms with Crippen LogP contribution in [0, 0.1) is 11.9 Å². The van der Waals surface area contributed by atoms with Gasteiger partial charge in [-0.2, -0.15) is 13.8 Å². The first-order valence-corrected chi connectivity index (χ1v) is 6.60. The van der Waals surface area contributed by atoms with Crippen LogP contribution in [0.3, 0.4) is 0 Å². The van der Waals surface area contributed by atoms with Gasteiger partial charge in [0, 0.05) is 4.90 Å². The van der Waals surface area contributed by atoms with E-state index in [9.17, 15) is 13.6 Å². The van der Waals surface area contributed by atoms with Crippen LogP contribution < -0.4 is 5.32 Å². The molecule has 1 N–H and O–H groups in total. The summed E-state index contributed by atoms with van der Waals surface area (Å²) in [6, 6.07) is 9.07. The molecule has 1 heterocycles. The smallest absolute Gasteiger partial charge is 0.256 e. The van der Waals surface area contributed by atoms with Crippen molar-refractivity contribution in [2.45, 2.75) is 4.90 Å². The second-order valence-corrected chi connectivity index (χ2v) is 4.47. The number of anilines is 1.